The molecule has 0 spiro atoms. The number of hydrogen-bond acceptors (Lipinski definition) is 3. The minimum Gasteiger partial charge on any atom is -0.454 e. The zero-order chi connectivity index (χ0) is 13.2. The summed E-state index contributed by atoms with van der Waals surface area (Å²) in [6, 6.07) is 11.4. The van der Waals surface area contributed by atoms with Crippen LogP contribution in [0.4, 0.5) is 5.69 Å². The first-order valence-corrected chi connectivity index (χ1v) is 6.53. The van der Waals surface area contributed by atoms with E-state index in [1.54, 1.807) is 6.20 Å². The topological polar surface area (TPSA) is 38.1 Å². The van der Waals surface area contributed by atoms with E-state index >= 15 is 0 Å². The molecule has 19 heavy (non-hydrogen) atoms. The van der Waals surface area contributed by atoms with Gasteiger partial charge in [-0.05, 0) is 43.3 Å². The predicted molar refractivity (Wildman–Crippen MR) is 78.6 cm³/mol. The van der Waals surface area contributed by atoms with Crippen molar-refractivity contribution in [2.24, 2.45) is 0 Å². The molecule has 0 atom stereocenters. The molecule has 2 aromatic heterocycles. The summed E-state index contributed by atoms with van der Waals surface area (Å²) in [7, 11) is 0. The molecule has 3 aromatic rings. The molecule has 1 N–H and O–H groups in total. The Labute approximate surface area is 116 Å². The van der Waals surface area contributed by atoms with Crippen molar-refractivity contribution >= 4 is 28.3 Å². The van der Waals surface area contributed by atoms with Crippen molar-refractivity contribution < 1.29 is 4.42 Å². The number of halogens is 1. The Morgan fingerprint density at radius 1 is 1.21 bits per heavy atom. The van der Waals surface area contributed by atoms with E-state index in [0.717, 1.165) is 34.7 Å². The van der Waals surface area contributed by atoms with Gasteiger partial charge >= 0.3 is 0 Å². The van der Waals surface area contributed by atoms with Crippen LogP contribution >= 0.6 is 11.6 Å². The molecule has 0 radical (unpaired) electrons. The van der Waals surface area contributed by atoms with Crippen LogP contribution in [0.15, 0.2) is 47.0 Å². The lowest BCUT2D eigenvalue weighted by Gasteiger charge is -2.03. The van der Waals surface area contributed by atoms with E-state index in [9.17, 15) is 0 Å². The first-order chi connectivity index (χ1) is 9.26. The van der Waals surface area contributed by atoms with Gasteiger partial charge in [-0.2, -0.15) is 0 Å². The molecule has 3 rings (SSSR count). The number of anilines is 1. The number of hydrogen-bond donors (Lipinski definition) is 1. The summed E-state index contributed by atoms with van der Waals surface area (Å²) in [4.78, 5) is 4.34. The van der Waals surface area contributed by atoms with Gasteiger partial charge in [0.1, 0.15) is 11.3 Å². The monoisotopic (exact) mass is 272 g/mol. The fourth-order valence-corrected chi connectivity index (χ4v) is 2.20. The summed E-state index contributed by atoms with van der Waals surface area (Å²) >= 11 is 5.97. The molecule has 96 valence electrons. The lowest BCUT2D eigenvalue weighted by molar-refractivity contribution is 0.629. The lowest BCUT2D eigenvalue weighted by Crippen LogP contribution is -1.96. The van der Waals surface area contributed by atoms with Gasteiger partial charge in [-0.25, -0.2) is 0 Å². The number of benzene rings is 1. The van der Waals surface area contributed by atoms with Crippen LogP contribution < -0.4 is 5.32 Å². The van der Waals surface area contributed by atoms with Crippen LogP contribution in [0, 0.1) is 0 Å². The zero-order valence-electron chi connectivity index (χ0n) is 10.5. The Bertz CT molecular complexity index is 721. The Morgan fingerprint density at radius 2 is 2.11 bits per heavy atom. The second-order valence-corrected chi connectivity index (χ2v) is 4.69. The Hall–Kier alpha value is -2.00. The molecule has 0 aliphatic carbocycles. The predicted octanol–water partition coefficient (Wildman–Crippen LogP) is 4.58. The maximum Gasteiger partial charge on any atom is 0.153 e. The van der Waals surface area contributed by atoms with Gasteiger partial charge in [0.2, 0.25) is 0 Å². The molecule has 3 nitrogen and oxygen atoms in total. The molecule has 0 aliphatic rings. The van der Waals surface area contributed by atoms with Gasteiger partial charge in [0.05, 0.1) is 0 Å². The van der Waals surface area contributed by atoms with Crippen molar-refractivity contribution in [2.75, 3.05) is 11.9 Å². The summed E-state index contributed by atoms with van der Waals surface area (Å²) < 4.78 is 5.79. The first kappa shape index (κ1) is 12.1. The Kier molecular flexibility index (Phi) is 3.13. The number of rotatable bonds is 3. The number of fused-ring (bicyclic) bond motifs is 1. The van der Waals surface area contributed by atoms with Gasteiger partial charge in [-0.3, -0.25) is 4.98 Å². The summed E-state index contributed by atoms with van der Waals surface area (Å²) in [5, 5.41) is 4.95. The highest BCUT2D eigenvalue weighted by Crippen LogP contribution is 2.29. The van der Waals surface area contributed by atoms with Crippen LogP contribution in [-0.4, -0.2) is 11.5 Å². The third kappa shape index (κ3) is 2.42. The van der Waals surface area contributed by atoms with E-state index in [-0.39, 0.29) is 0 Å². The van der Waals surface area contributed by atoms with Crippen molar-refractivity contribution in [3.63, 3.8) is 0 Å². The van der Waals surface area contributed by atoms with Crippen molar-refractivity contribution in [1.29, 1.82) is 0 Å². The van der Waals surface area contributed by atoms with E-state index in [1.165, 1.54) is 0 Å². The Balaban J connectivity index is 2.05. The summed E-state index contributed by atoms with van der Waals surface area (Å²) in [5.74, 6) is 0.747. The largest absolute Gasteiger partial charge is 0.454 e. The average Bonchev–Trinajstić information content (AvgIpc) is 2.82. The molecule has 0 saturated heterocycles. The third-order valence-electron chi connectivity index (χ3n) is 2.87. The Morgan fingerprint density at radius 3 is 2.95 bits per heavy atom. The van der Waals surface area contributed by atoms with Gasteiger partial charge in [-0.15, -0.1) is 0 Å². The second kappa shape index (κ2) is 4.94. The number of aromatic nitrogens is 1. The molecule has 0 bridgehead atoms. The molecule has 0 aliphatic heterocycles. The number of furan rings is 1. The van der Waals surface area contributed by atoms with Gasteiger partial charge in [-0.1, -0.05) is 11.6 Å². The van der Waals surface area contributed by atoms with Crippen molar-refractivity contribution in [1.82, 2.24) is 4.98 Å². The average molecular weight is 273 g/mol. The highest BCUT2D eigenvalue weighted by Gasteiger charge is 2.08. The van der Waals surface area contributed by atoms with Crippen molar-refractivity contribution in [3.05, 3.63) is 47.6 Å². The number of nitrogens with zero attached hydrogens (tertiary/aromatic N) is 1. The molecule has 2 heterocycles. The van der Waals surface area contributed by atoms with Gasteiger partial charge in [0, 0.05) is 28.8 Å². The molecular weight excluding hydrogens is 260 g/mol. The fourth-order valence-electron chi connectivity index (χ4n) is 2.02. The summed E-state index contributed by atoms with van der Waals surface area (Å²) in [6.07, 6.45) is 1.77. The van der Waals surface area contributed by atoms with Gasteiger partial charge in [0.15, 0.2) is 5.76 Å². The van der Waals surface area contributed by atoms with Crippen LogP contribution in [0.2, 0.25) is 5.02 Å². The van der Waals surface area contributed by atoms with Crippen LogP contribution in [-0.2, 0) is 0 Å². The van der Waals surface area contributed by atoms with Crippen LogP contribution in [0.3, 0.4) is 0 Å². The summed E-state index contributed by atoms with van der Waals surface area (Å²) in [5.41, 5.74) is 2.66. The van der Waals surface area contributed by atoms with E-state index in [0.29, 0.717) is 5.02 Å². The van der Waals surface area contributed by atoms with E-state index < -0.39 is 0 Å². The standard InChI is InChI=1S/C15H13ClN2O/c1-2-17-12-5-6-18-13(9-12)15-8-10-7-11(16)3-4-14(10)19-15/h3-9H,2H2,1H3,(H,17,18). The molecule has 4 heteroatoms. The zero-order valence-corrected chi connectivity index (χ0v) is 11.2. The molecule has 0 amide bonds. The van der Waals surface area contributed by atoms with Gasteiger partial charge in [0.25, 0.3) is 0 Å². The minimum atomic E-state index is 0.703. The van der Waals surface area contributed by atoms with Crippen molar-refractivity contribution in [3.8, 4) is 11.5 Å². The van der Waals surface area contributed by atoms with E-state index in [4.69, 9.17) is 16.0 Å². The molecule has 0 fully saturated rings. The highest BCUT2D eigenvalue weighted by atomic mass is 35.5. The van der Waals surface area contributed by atoms with Crippen LogP contribution in [0.1, 0.15) is 6.92 Å². The first-order valence-electron chi connectivity index (χ1n) is 6.15. The lowest BCUT2D eigenvalue weighted by atomic mass is 10.2. The molecule has 0 saturated carbocycles. The van der Waals surface area contributed by atoms with Crippen LogP contribution in [0.5, 0.6) is 0 Å². The third-order valence-corrected chi connectivity index (χ3v) is 3.11. The number of nitrogens with one attached hydrogen (secondary N) is 1. The number of pyridine rings is 1. The van der Waals surface area contributed by atoms with E-state index in [1.807, 2.05) is 36.4 Å². The van der Waals surface area contributed by atoms with Crippen molar-refractivity contribution in [2.45, 2.75) is 6.92 Å². The van der Waals surface area contributed by atoms with Gasteiger partial charge < -0.3 is 9.73 Å². The quantitative estimate of drug-likeness (QED) is 0.758. The minimum absolute atomic E-state index is 0.703. The maximum atomic E-state index is 5.97. The molecular formula is C15H13ClN2O. The molecule has 1 aromatic carbocycles. The fraction of sp³-hybridized carbons (Fsp3) is 0.133. The maximum absolute atomic E-state index is 5.97. The molecule has 0 unspecified atom stereocenters. The normalized spacial score (nSPS) is 10.8. The highest BCUT2D eigenvalue weighted by molar-refractivity contribution is 6.31. The summed E-state index contributed by atoms with van der Waals surface area (Å²) in [6.45, 7) is 2.93. The smallest absolute Gasteiger partial charge is 0.153 e. The second-order valence-electron chi connectivity index (χ2n) is 4.25. The van der Waals surface area contributed by atoms with Crippen LogP contribution in [0.25, 0.3) is 22.4 Å². The SMILES string of the molecule is CCNc1ccnc(-c2cc3cc(Cl)ccc3o2)c1. The van der Waals surface area contributed by atoms with E-state index in [2.05, 4.69) is 17.2 Å².